The van der Waals surface area contributed by atoms with Crippen LogP contribution in [0.3, 0.4) is 0 Å². The second-order valence-corrected chi connectivity index (χ2v) is 5.91. The van der Waals surface area contributed by atoms with Crippen molar-refractivity contribution in [3.63, 3.8) is 0 Å². The summed E-state index contributed by atoms with van der Waals surface area (Å²) >= 11 is 6.02. The number of nitrogens with one attached hydrogen (secondary N) is 1. The number of rotatable bonds is 2. The third kappa shape index (κ3) is 2.76. The summed E-state index contributed by atoms with van der Waals surface area (Å²) in [4.78, 5) is 0. The van der Waals surface area contributed by atoms with E-state index in [1.165, 1.54) is 0 Å². The van der Waals surface area contributed by atoms with E-state index in [0.29, 0.717) is 17.2 Å². The van der Waals surface area contributed by atoms with Crippen molar-refractivity contribution in [3.8, 4) is 6.07 Å². The Morgan fingerprint density at radius 1 is 1.40 bits per heavy atom. The van der Waals surface area contributed by atoms with Crippen LogP contribution in [0.5, 0.6) is 0 Å². The SMILES string of the molecule is N#Cc1ccc(Cl)cc1NC1CCOC2(CCOC2)C1. The lowest BCUT2D eigenvalue weighted by Gasteiger charge is -2.37. The van der Waals surface area contributed by atoms with Crippen molar-refractivity contribution in [2.75, 3.05) is 25.1 Å². The number of anilines is 1. The van der Waals surface area contributed by atoms with Crippen molar-refractivity contribution in [3.05, 3.63) is 28.8 Å². The molecular weight excluding hydrogens is 276 g/mol. The van der Waals surface area contributed by atoms with Crippen LogP contribution in [-0.4, -0.2) is 31.5 Å². The van der Waals surface area contributed by atoms with E-state index in [1.807, 2.05) is 6.07 Å². The number of nitriles is 1. The molecule has 106 valence electrons. The van der Waals surface area contributed by atoms with Gasteiger partial charge >= 0.3 is 0 Å². The first-order valence-corrected chi connectivity index (χ1v) is 7.26. The fraction of sp³-hybridized carbons (Fsp3) is 0.533. The molecule has 4 nitrogen and oxygen atoms in total. The van der Waals surface area contributed by atoms with E-state index in [4.69, 9.17) is 26.3 Å². The molecule has 1 N–H and O–H groups in total. The van der Waals surface area contributed by atoms with Crippen molar-refractivity contribution in [2.45, 2.75) is 30.9 Å². The van der Waals surface area contributed by atoms with Crippen molar-refractivity contribution in [2.24, 2.45) is 0 Å². The Balaban J connectivity index is 1.74. The van der Waals surface area contributed by atoms with Crippen LogP contribution >= 0.6 is 11.6 Å². The summed E-state index contributed by atoms with van der Waals surface area (Å²) < 4.78 is 11.4. The van der Waals surface area contributed by atoms with Crippen LogP contribution in [0.4, 0.5) is 5.69 Å². The van der Waals surface area contributed by atoms with Gasteiger partial charge in [-0.2, -0.15) is 5.26 Å². The highest BCUT2D eigenvalue weighted by Crippen LogP contribution is 2.34. The van der Waals surface area contributed by atoms with Gasteiger partial charge in [-0.1, -0.05) is 11.6 Å². The van der Waals surface area contributed by atoms with Crippen molar-refractivity contribution in [1.29, 1.82) is 5.26 Å². The van der Waals surface area contributed by atoms with E-state index >= 15 is 0 Å². The normalized spacial score (nSPS) is 29.3. The summed E-state index contributed by atoms with van der Waals surface area (Å²) in [5.74, 6) is 0. The third-order valence-electron chi connectivity index (χ3n) is 4.02. The molecule has 0 aliphatic carbocycles. The van der Waals surface area contributed by atoms with Gasteiger partial charge < -0.3 is 14.8 Å². The maximum absolute atomic E-state index is 9.17. The average Bonchev–Trinajstić information content (AvgIpc) is 2.87. The molecule has 3 rings (SSSR count). The molecule has 0 radical (unpaired) electrons. The number of hydrogen-bond acceptors (Lipinski definition) is 4. The smallest absolute Gasteiger partial charge is 0.101 e. The Morgan fingerprint density at radius 3 is 3.05 bits per heavy atom. The van der Waals surface area contributed by atoms with Crippen molar-refractivity contribution in [1.82, 2.24) is 0 Å². The summed E-state index contributed by atoms with van der Waals surface area (Å²) in [7, 11) is 0. The van der Waals surface area contributed by atoms with Gasteiger partial charge in [-0.05, 0) is 31.0 Å². The second kappa shape index (κ2) is 5.61. The lowest BCUT2D eigenvalue weighted by atomic mass is 9.89. The Hall–Kier alpha value is -1.28. The summed E-state index contributed by atoms with van der Waals surface area (Å²) in [6, 6.07) is 7.78. The molecule has 20 heavy (non-hydrogen) atoms. The van der Waals surface area contributed by atoms with Crippen molar-refractivity contribution < 1.29 is 9.47 Å². The van der Waals surface area contributed by atoms with Gasteiger partial charge in [-0.3, -0.25) is 0 Å². The predicted molar refractivity (Wildman–Crippen MR) is 76.9 cm³/mol. The first-order valence-electron chi connectivity index (χ1n) is 6.89. The van der Waals surface area contributed by atoms with E-state index in [2.05, 4.69) is 11.4 Å². The summed E-state index contributed by atoms with van der Waals surface area (Å²) in [5, 5.41) is 13.3. The monoisotopic (exact) mass is 292 g/mol. The number of benzene rings is 1. The lowest BCUT2D eigenvalue weighted by Crippen LogP contribution is -2.45. The maximum atomic E-state index is 9.17. The number of nitrogens with zero attached hydrogens (tertiary/aromatic N) is 1. The molecule has 5 heteroatoms. The zero-order valence-corrected chi connectivity index (χ0v) is 11.9. The lowest BCUT2D eigenvalue weighted by molar-refractivity contribution is -0.0828. The molecule has 0 amide bonds. The quantitative estimate of drug-likeness (QED) is 0.910. The molecule has 2 aliphatic rings. The standard InChI is InChI=1S/C15H17ClN2O2/c16-12-2-1-11(9-17)14(7-12)18-13-3-5-20-15(8-13)4-6-19-10-15/h1-2,7,13,18H,3-6,8,10H2. The second-order valence-electron chi connectivity index (χ2n) is 5.47. The highest BCUT2D eigenvalue weighted by molar-refractivity contribution is 6.30. The molecule has 2 aliphatic heterocycles. The van der Waals surface area contributed by atoms with Crippen LogP contribution in [-0.2, 0) is 9.47 Å². The highest BCUT2D eigenvalue weighted by Gasteiger charge is 2.41. The van der Waals surface area contributed by atoms with Gasteiger partial charge in [0, 0.05) is 30.7 Å². The van der Waals surface area contributed by atoms with Gasteiger partial charge in [-0.25, -0.2) is 0 Å². The van der Waals surface area contributed by atoms with Crippen molar-refractivity contribution >= 4 is 17.3 Å². The molecule has 2 saturated heterocycles. The minimum Gasteiger partial charge on any atom is -0.381 e. The molecule has 0 saturated carbocycles. The molecule has 1 aromatic rings. The fourth-order valence-corrected chi connectivity index (χ4v) is 3.14. The molecule has 2 atom stereocenters. The Kier molecular flexibility index (Phi) is 3.84. The topological polar surface area (TPSA) is 54.3 Å². The molecule has 2 unspecified atom stereocenters. The fourth-order valence-electron chi connectivity index (χ4n) is 2.97. The molecule has 2 heterocycles. The zero-order chi connectivity index (χ0) is 14.0. The maximum Gasteiger partial charge on any atom is 0.101 e. The predicted octanol–water partition coefficient (Wildman–Crippen LogP) is 2.96. The molecule has 0 aromatic heterocycles. The van der Waals surface area contributed by atoms with Crippen LogP contribution in [0, 0.1) is 11.3 Å². The first kappa shape index (κ1) is 13.7. The minimum absolute atomic E-state index is 0.138. The van der Waals surface area contributed by atoms with E-state index in [1.54, 1.807) is 12.1 Å². The van der Waals surface area contributed by atoms with Gasteiger partial charge in [-0.15, -0.1) is 0 Å². The van der Waals surface area contributed by atoms with Gasteiger partial charge in [0.15, 0.2) is 0 Å². The van der Waals surface area contributed by atoms with Gasteiger partial charge in [0.05, 0.1) is 23.5 Å². The van der Waals surface area contributed by atoms with Crippen LogP contribution in [0.2, 0.25) is 5.02 Å². The molecule has 1 aromatic carbocycles. The van der Waals surface area contributed by atoms with Crippen LogP contribution in [0.1, 0.15) is 24.8 Å². The zero-order valence-electron chi connectivity index (χ0n) is 11.2. The first-order chi connectivity index (χ1) is 9.71. The van der Waals surface area contributed by atoms with E-state index in [9.17, 15) is 0 Å². The molecular formula is C15H17ClN2O2. The summed E-state index contributed by atoms with van der Waals surface area (Å²) in [6.45, 7) is 2.17. The number of halogens is 1. The van der Waals surface area contributed by atoms with Gasteiger partial charge in [0.2, 0.25) is 0 Å². The summed E-state index contributed by atoms with van der Waals surface area (Å²) in [5.41, 5.74) is 1.29. The van der Waals surface area contributed by atoms with Crippen LogP contribution in [0.25, 0.3) is 0 Å². The van der Waals surface area contributed by atoms with E-state index < -0.39 is 0 Å². The van der Waals surface area contributed by atoms with Crippen LogP contribution < -0.4 is 5.32 Å². The third-order valence-corrected chi connectivity index (χ3v) is 4.26. The van der Waals surface area contributed by atoms with Gasteiger partial charge in [0.25, 0.3) is 0 Å². The minimum atomic E-state index is -0.138. The van der Waals surface area contributed by atoms with Gasteiger partial charge in [0.1, 0.15) is 6.07 Å². The number of hydrogen-bond donors (Lipinski definition) is 1. The molecule has 0 bridgehead atoms. The van der Waals surface area contributed by atoms with E-state index in [0.717, 1.165) is 38.2 Å². The largest absolute Gasteiger partial charge is 0.381 e. The molecule has 1 spiro atoms. The molecule has 2 fully saturated rings. The average molecular weight is 293 g/mol. The Labute approximate surface area is 123 Å². The van der Waals surface area contributed by atoms with E-state index in [-0.39, 0.29) is 11.6 Å². The number of ether oxygens (including phenoxy) is 2. The Bertz CT molecular complexity index is 535. The highest BCUT2D eigenvalue weighted by atomic mass is 35.5. The Morgan fingerprint density at radius 2 is 2.30 bits per heavy atom. The summed E-state index contributed by atoms with van der Waals surface area (Å²) in [6.07, 6.45) is 2.79. The van der Waals surface area contributed by atoms with Crippen LogP contribution in [0.15, 0.2) is 18.2 Å².